The van der Waals surface area contributed by atoms with Crippen LogP contribution in [0.5, 0.6) is 0 Å². The van der Waals surface area contributed by atoms with Crippen molar-refractivity contribution in [3.8, 4) is 0 Å². The molecule has 0 radical (unpaired) electrons. The average Bonchev–Trinajstić information content (AvgIpc) is 2.96. The number of nitrogens with zero attached hydrogens (tertiary/aromatic N) is 3. The summed E-state index contributed by atoms with van der Waals surface area (Å²) in [4.78, 5) is 13.2. The third kappa shape index (κ3) is 5.82. The molecule has 0 atom stereocenters. The molecule has 0 aliphatic heterocycles. The molecule has 4 aromatic carbocycles. The van der Waals surface area contributed by atoms with Crippen molar-refractivity contribution in [2.45, 2.75) is 0 Å². The molecule has 0 spiro atoms. The van der Waals surface area contributed by atoms with Gasteiger partial charge in [-0.3, -0.25) is 15.0 Å². The summed E-state index contributed by atoms with van der Waals surface area (Å²) in [6.45, 7) is 0. The van der Waals surface area contributed by atoms with Gasteiger partial charge in [0.15, 0.2) is 0 Å². The molecule has 4 nitrogen and oxygen atoms in total. The summed E-state index contributed by atoms with van der Waals surface area (Å²) >= 11 is 0. The number of aliphatic hydroxyl groups is 1. The van der Waals surface area contributed by atoms with Crippen LogP contribution in [0.2, 0.25) is 0 Å². The number of hydrogen-bond acceptors (Lipinski definition) is 4. The molecule has 0 amide bonds. The van der Waals surface area contributed by atoms with Crippen LogP contribution in [0.1, 0.15) is 11.1 Å². The molecule has 6 rings (SSSR count). The second-order valence-corrected chi connectivity index (χ2v) is 8.25. The van der Waals surface area contributed by atoms with Gasteiger partial charge in [0.1, 0.15) is 5.76 Å². The predicted molar refractivity (Wildman–Crippen MR) is 151 cm³/mol. The van der Waals surface area contributed by atoms with Gasteiger partial charge in [0.05, 0.1) is 16.7 Å². The van der Waals surface area contributed by atoms with Crippen LogP contribution in [0, 0.1) is 0 Å². The minimum Gasteiger partial charge on any atom is -0.507 e. The van der Waals surface area contributed by atoms with Gasteiger partial charge in [0, 0.05) is 68.3 Å². The van der Waals surface area contributed by atoms with Gasteiger partial charge in [0.2, 0.25) is 0 Å². The Morgan fingerprint density at radius 2 is 1.11 bits per heavy atom. The molecule has 0 saturated carbocycles. The molecule has 0 saturated heterocycles. The Morgan fingerprint density at radius 3 is 1.62 bits per heavy atom. The standard InChI is InChI=1S/C16H10N2.C16H15NO.Pt/c1-3-12-7-5-11-6-8-13-4-2-10-18-16(13)14(11)15(12)17-9-1;1-17-15(13-8-4-2-5-9-13)12-16(18)14-10-6-3-7-11-14;/h1-10H;2-12,18H,1H3;. The van der Waals surface area contributed by atoms with E-state index in [0.29, 0.717) is 0 Å². The number of allylic oxidation sites excluding steroid dienone is 1. The Balaban J connectivity index is 0.000000168. The number of fused-ring (bicyclic) bond motifs is 5. The SMILES string of the molecule is CN=C(C=C(O)c1ccccc1)c1ccccc1.[Pt].c1cnc2c(c1)ccc1ccc3cccnc3c12. The topological polar surface area (TPSA) is 58.4 Å². The van der Waals surface area contributed by atoms with Gasteiger partial charge < -0.3 is 5.11 Å². The third-order valence-corrected chi connectivity index (χ3v) is 5.98. The monoisotopic (exact) mass is 662 g/mol. The van der Waals surface area contributed by atoms with Crippen LogP contribution in [0.4, 0.5) is 0 Å². The van der Waals surface area contributed by atoms with Crippen LogP contribution in [0.25, 0.3) is 38.3 Å². The maximum atomic E-state index is 10.1. The number of aliphatic imine (C=N–C) groups is 1. The van der Waals surface area contributed by atoms with Gasteiger partial charge in [-0.05, 0) is 23.1 Å². The molecule has 6 aromatic rings. The number of pyridine rings is 2. The van der Waals surface area contributed by atoms with E-state index >= 15 is 0 Å². The second-order valence-electron chi connectivity index (χ2n) is 8.25. The molecule has 184 valence electrons. The quantitative estimate of drug-likeness (QED) is 0.120. The largest absolute Gasteiger partial charge is 0.507 e. The summed E-state index contributed by atoms with van der Waals surface area (Å²) in [6.07, 6.45) is 5.36. The summed E-state index contributed by atoms with van der Waals surface area (Å²) in [5.41, 5.74) is 4.59. The summed E-state index contributed by atoms with van der Waals surface area (Å²) in [5, 5.41) is 14.7. The smallest absolute Gasteiger partial charge is 0.124 e. The van der Waals surface area contributed by atoms with E-state index in [-0.39, 0.29) is 26.8 Å². The van der Waals surface area contributed by atoms with Crippen LogP contribution >= 0.6 is 0 Å². The summed E-state index contributed by atoms with van der Waals surface area (Å²) in [5.74, 6) is 0.222. The van der Waals surface area contributed by atoms with Crippen molar-refractivity contribution in [3.05, 3.63) is 139 Å². The van der Waals surface area contributed by atoms with Crippen LogP contribution in [0.15, 0.2) is 133 Å². The van der Waals surface area contributed by atoms with E-state index < -0.39 is 0 Å². The van der Waals surface area contributed by atoms with Gasteiger partial charge in [0.25, 0.3) is 0 Å². The molecule has 2 aromatic heterocycles. The summed E-state index contributed by atoms with van der Waals surface area (Å²) in [7, 11) is 1.72. The van der Waals surface area contributed by atoms with Crippen molar-refractivity contribution in [2.24, 2.45) is 4.99 Å². The van der Waals surface area contributed by atoms with Crippen molar-refractivity contribution in [1.29, 1.82) is 0 Å². The Labute approximate surface area is 230 Å². The van der Waals surface area contributed by atoms with Gasteiger partial charge in [-0.2, -0.15) is 0 Å². The fraction of sp³-hybridized carbons (Fsp3) is 0.0312. The first-order valence-corrected chi connectivity index (χ1v) is 11.7. The molecule has 0 bridgehead atoms. The number of hydrogen-bond donors (Lipinski definition) is 1. The molecule has 0 aliphatic rings. The van der Waals surface area contributed by atoms with E-state index in [9.17, 15) is 5.11 Å². The van der Waals surface area contributed by atoms with E-state index in [1.165, 1.54) is 5.39 Å². The van der Waals surface area contributed by atoms with Crippen molar-refractivity contribution in [1.82, 2.24) is 9.97 Å². The van der Waals surface area contributed by atoms with E-state index in [4.69, 9.17) is 0 Å². The van der Waals surface area contributed by atoms with Gasteiger partial charge in [-0.25, -0.2) is 0 Å². The van der Waals surface area contributed by atoms with Crippen LogP contribution in [0.3, 0.4) is 0 Å². The van der Waals surface area contributed by atoms with Gasteiger partial charge >= 0.3 is 0 Å². The number of aromatic nitrogens is 2. The van der Waals surface area contributed by atoms with E-state index in [1.807, 2.05) is 85.2 Å². The van der Waals surface area contributed by atoms with Crippen molar-refractivity contribution in [3.63, 3.8) is 0 Å². The molecule has 37 heavy (non-hydrogen) atoms. The van der Waals surface area contributed by atoms with Crippen LogP contribution < -0.4 is 0 Å². The van der Waals surface area contributed by atoms with Crippen LogP contribution in [-0.4, -0.2) is 27.8 Å². The average molecular weight is 663 g/mol. The zero-order chi connectivity index (χ0) is 24.7. The maximum Gasteiger partial charge on any atom is 0.124 e. The minimum absolute atomic E-state index is 0. The molecule has 1 N–H and O–H groups in total. The molecule has 2 heterocycles. The van der Waals surface area contributed by atoms with Crippen molar-refractivity contribution < 1.29 is 26.2 Å². The summed E-state index contributed by atoms with van der Waals surface area (Å²) < 4.78 is 0. The molecule has 0 fully saturated rings. The van der Waals surface area contributed by atoms with E-state index in [1.54, 1.807) is 13.1 Å². The van der Waals surface area contributed by atoms with Crippen molar-refractivity contribution in [2.75, 3.05) is 7.05 Å². The van der Waals surface area contributed by atoms with Crippen molar-refractivity contribution >= 4 is 44.0 Å². The Bertz CT molecular complexity index is 1630. The second kappa shape index (κ2) is 12.2. The Hall–Kier alpha value is -4.14. The maximum absolute atomic E-state index is 10.1. The number of benzene rings is 4. The van der Waals surface area contributed by atoms with Crippen LogP contribution in [-0.2, 0) is 21.1 Å². The first kappa shape index (κ1) is 25.9. The molecular formula is C32H25N3OPt. The van der Waals surface area contributed by atoms with Gasteiger partial charge in [-0.15, -0.1) is 0 Å². The number of aliphatic hydroxyl groups excluding tert-OH is 1. The van der Waals surface area contributed by atoms with E-state index in [2.05, 4.69) is 51.4 Å². The van der Waals surface area contributed by atoms with Gasteiger partial charge in [-0.1, -0.05) is 97.1 Å². The molecule has 0 unspecified atom stereocenters. The fourth-order valence-electron chi connectivity index (χ4n) is 4.20. The molecular weight excluding hydrogens is 637 g/mol. The predicted octanol–water partition coefficient (Wildman–Crippen LogP) is 7.64. The first-order valence-electron chi connectivity index (χ1n) is 11.7. The molecule has 0 aliphatic carbocycles. The Morgan fingerprint density at radius 1 is 0.622 bits per heavy atom. The summed E-state index contributed by atoms with van der Waals surface area (Å²) in [6, 6.07) is 35.8. The van der Waals surface area contributed by atoms with E-state index in [0.717, 1.165) is 44.0 Å². The zero-order valence-electron chi connectivity index (χ0n) is 20.2. The first-order chi connectivity index (χ1) is 17.7. The fourth-order valence-corrected chi connectivity index (χ4v) is 4.20. The molecule has 5 heteroatoms. The zero-order valence-corrected chi connectivity index (χ0v) is 22.5. The number of rotatable bonds is 3. The normalized spacial score (nSPS) is 11.6. The Kier molecular flexibility index (Phi) is 8.55. The minimum atomic E-state index is 0. The third-order valence-electron chi connectivity index (χ3n) is 5.98.